The largest absolute Gasteiger partial charge is 0.497 e. The second-order valence-electron chi connectivity index (χ2n) is 5.19. The normalized spacial score (nSPS) is 11.0. The van der Waals surface area contributed by atoms with E-state index in [-0.39, 0.29) is 0 Å². The summed E-state index contributed by atoms with van der Waals surface area (Å²) in [5.41, 5.74) is 3.56. The maximum atomic E-state index is 5.21. The number of hydrogen-bond acceptors (Lipinski definition) is 2. The predicted molar refractivity (Wildman–Crippen MR) is 85.8 cm³/mol. The first-order valence-electron chi connectivity index (χ1n) is 7.39. The lowest BCUT2D eigenvalue weighted by atomic mass is 10.1. The van der Waals surface area contributed by atoms with E-state index in [0.29, 0.717) is 0 Å². The topological polar surface area (TPSA) is 27.1 Å². The van der Waals surface area contributed by atoms with Gasteiger partial charge in [0.25, 0.3) is 0 Å². The molecule has 3 aromatic rings. The number of methoxy groups -OCH3 is 1. The molecule has 21 heavy (non-hydrogen) atoms. The predicted octanol–water partition coefficient (Wildman–Crippen LogP) is 4.05. The van der Waals surface area contributed by atoms with Gasteiger partial charge in [-0.25, -0.2) is 4.98 Å². The molecular formula is C18H20N2O. The number of rotatable bonds is 5. The molecule has 0 amide bonds. The Bertz CT molecular complexity index is 729. The number of fused-ring (bicyclic) bond motifs is 1. The highest BCUT2D eigenvalue weighted by atomic mass is 16.5. The van der Waals surface area contributed by atoms with E-state index in [1.165, 1.54) is 11.1 Å². The smallest absolute Gasteiger partial charge is 0.118 e. The summed E-state index contributed by atoms with van der Waals surface area (Å²) in [5, 5.41) is 0. The summed E-state index contributed by atoms with van der Waals surface area (Å²) in [6.07, 6.45) is 1.95. The van der Waals surface area contributed by atoms with Crippen molar-refractivity contribution in [1.29, 1.82) is 0 Å². The Morgan fingerprint density at radius 3 is 2.52 bits per heavy atom. The Kier molecular flexibility index (Phi) is 3.91. The molecule has 0 spiro atoms. The fraction of sp³-hybridized carbons (Fsp3) is 0.278. The molecule has 0 aliphatic rings. The number of aryl methyl sites for hydroxylation is 1. The van der Waals surface area contributed by atoms with Crippen molar-refractivity contribution in [3.05, 3.63) is 59.9 Å². The van der Waals surface area contributed by atoms with Crippen molar-refractivity contribution in [2.45, 2.75) is 26.3 Å². The molecule has 3 heteroatoms. The van der Waals surface area contributed by atoms with Crippen LogP contribution in [0.3, 0.4) is 0 Å². The summed E-state index contributed by atoms with van der Waals surface area (Å²) < 4.78 is 7.54. The first-order valence-corrected chi connectivity index (χ1v) is 7.39. The quantitative estimate of drug-likeness (QED) is 0.705. The van der Waals surface area contributed by atoms with Gasteiger partial charge in [0.15, 0.2) is 0 Å². The Morgan fingerprint density at radius 2 is 1.81 bits per heavy atom. The highest BCUT2D eigenvalue weighted by molar-refractivity contribution is 5.76. The fourth-order valence-corrected chi connectivity index (χ4v) is 2.66. The number of para-hydroxylation sites is 2. The molecule has 0 atom stereocenters. The van der Waals surface area contributed by atoms with Crippen LogP contribution in [0.5, 0.6) is 5.75 Å². The molecular weight excluding hydrogens is 260 g/mol. The lowest BCUT2D eigenvalue weighted by molar-refractivity contribution is 0.414. The van der Waals surface area contributed by atoms with Crippen molar-refractivity contribution in [3.8, 4) is 5.75 Å². The van der Waals surface area contributed by atoms with Gasteiger partial charge in [-0.05, 0) is 36.2 Å². The van der Waals surface area contributed by atoms with Crippen LogP contribution in [-0.2, 0) is 13.0 Å². The van der Waals surface area contributed by atoms with Crippen molar-refractivity contribution in [1.82, 2.24) is 9.55 Å². The van der Waals surface area contributed by atoms with E-state index in [1.807, 2.05) is 18.2 Å². The average Bonchev–Trinajstić information content (AvgIpc) is 2.86. The van der Waals surface area contributed by atoms with Crippen LogP contribution in [0.4, 0.5) is 0 Å². The molecule has 0 aliphatic heterocycles. The molecule has 1 aromatic heterocycles. The molecule has 0 radical (unpaired) electrons. The number of benzene rings is 2. The van der Waals surface area contributed by atoms with Crippen LogP contribution < -0.4 is 4.74 Å². The van der Waals surface area contributed by atoms with E-state index < -0.39 is 0 Å². The fourth-order valence-electron chi connectivity index (χ4n) is 2.66. The second-order valence-corrected chi connectivity index (χ2v) is 5.19. The van der Waals surface area contributed by atoms with E-state index >= 15 is 0 Å². The number of ether oxygens (including phenoxy) is 1. The SMILES string of the molecule is CCCn1c(Cc2ccc(OC)cc2)nc2ccccc21. The van der Waals surface area contributed by atoms with Crippen molar-refractivity contribution in [3.63, 3.8) is 0 Å². The van der Waals surface area contributed by atoms with E-state index in [0.717, 1.165) is 36.5 Å². The average molecular weight is 280 g/mol. The van der Waals surface area contributed by atoms with Crippen molar-refractivity contribution >= 4 is 11.0 Å². The van der Waals surface area contributed by atoms with Crippen LogP contribution in [0.15, 0.2) is 48.5 Å². The van der Waals surface area contributed by atoms with Crippen LogP contribution in [0, 0.1) is 0 Å². The first-order chi connectivity index (χ1) is 10.3. The summed E-state index contributed by atoms with van der Waals surface area (Å²) in [6.45, 7) is 3.21. The zero-order valence-electron chi connectivity index (χ0n) is 12.5. The van der Waals surface area contributed by atoms with Crippen LogP contribution in [0.1, 0.15) is 24.7 Å². The summed E-state index contributed by atoms with van der Waals surface area (Å²) in [5.74, 6) is 2.02. The third-order valence-electron chi connectivity index (χ3n) is 3.70. The number of aromatic nitrogens is 2. The third-order valence-corrected chi connectivity index (χ3v) is 3.70. The summed E-state index contributed by atoms with van der Waals surface area (Å²) in [6, 6.07) is 16.6. The Labute approximate surface area is 125 Å². The molecule has 0 saturated carbocycles. The van der Waals surface area contributed by atoms with Crippen LogP contribution in [0.25, 0.3) is 11.0 Å². The van der Waals surface area contributed by atoms with Gasteiger partial charge in [-0.3, -0.25) is 0 Å². The molecule has 0 N–H and O–H groups in total. The molecule has 0 bridgehead atoms. The molecule has 0 fully saturated rings. The minimum atomic E-state index is 0.846. The van der Waals surface area contributed by atoms with Crippen molar-refractivity contribution in [2.24, 2.45) is 0 Å². The molecule has 3 rings (SSSR count). The van der Waals surface area contributed by atoms with Gasteiger partial charge in [0.1, 0.15) is 11.6 Å². The zero-order chi connectivity index (χ0) is 14.7. The highest BCUT2D eigenvalue weighted by Crippen LogP contribution is 2.20. The number of imidazole rings is 1. The zero-order valence-corrected chi connectivity index (χ0v) is 12.5. The van der Waals surface area contributed by atoms with Crippen LogP contribution >= 0.6 is 0 Å². The molecule has 3 nitrogen and oxygen atoms in total. The standard InChI is InChI=1S/C18H20N2O/c1-3-12-20-17-7-5-4-6-16(17)19-18(20)13-14-8-10-15(21-2)11-9-14/h4-11H,3,12-13H2,1-2H3. The van der Waals surface area contributed by atoms with Crippen molar-refractivity contribution in [2.75, 3.05) is 7.11 Å². The second kappa shape index (κ2) is 6.00. The molecule has 0 saturated heterocycles. The molecule has 0 unspecified atom stereocenters. The van der Waals surface area contributed by atoms with E-state index in [4.69, 9.17) is 9.72 Å². The summed E-state index contributed by atoms with van der Waals surface area (Å²) in [4.78, 5) is 4.80. The Hall–Kier alpha value is -2.29. The van der Waals surface area contributed by atoms with E-state index in [1.54, 1.807) is 7.11 Å². The lowest BCUT2D eigenvalue weighted by Gasteiger charge is -2.08. The number of hydrogen-bond donors (Lipinski definition) is 0. The van der Waals surface area contributed by atoms with Crippen molar-refractivity contribution < 1.29 is 4.74 Å². The monoisotopic (exact) mass is 280 g/mol. The Balaban J connectivity index is 1.96. The number of nitrogens with zero attached hydrogens (tertiary/aromatic N) is 2. The minimum Gasteiger partial charge on any atom is -0.497 e. The van der Waals surface area contributed by atoms with Gasteiger partial charge in [-0.1, -0.05) is 31.2 Å². The molecule has 1 heterocycles. The third kappa shape index (κ3) is 2.77. The highest BCUT2D eigenvalue weighted by Gasteiger charge is 2.10. The van der Waals surface area contributed by atoms with Crippen LogP contribution in [0.2, 0.25) is 0 Å². The van der Waals surface area contributed by atoms with Gasteiger partial charge in [-0.2, -0.15) is 0 Å². The Morgan fingerprint density at radius 1 is 1.05 bits per heavy atom. The van der Waals surface area contributed by atoms with Gasteiger partial charge < -0.3 is 9.30 Å². The minimum absolute atomic E-state index is 0.846. The molecule has 108 valence electrons. The maximum Gasteiger partial charge on any atom is 0.118 e. The summed E-state index contributed by atoms with van der Waals surface area (Å²) in [7, 11) is 1.69. The van der Waals surface area contributed by atoms with Gasteiger partial charge in [0, 0.05) is 13.0 Å². The van der Waals surface area contributed by atoms with Gasteiger partial charge in [0.05, 0.1) is 18.1 Å². The van der Waals surface area contributed by atoms with Crippen LogP contribution in [-0.4, -0.2) is 16.7 Å². The van der Waals surface area contributed by atoms with E-state index in [2.05, 4.69) is 41.8 Å². The first kappa shape index (κ1) is 13.7. The maximum absolute atomic E-state index is 5.21. The van der Waals surface area contributed by atoms with Gasteiger partial charge in [-0.15, -0.1) is 0 Å². The summed E-state index contributed by atoms with van der Waals surface area (Å²) >= 11 is 0. The molecule has 0 aliphatic carbocycles. The van der Waals surface area contributed by atoms with Gasteiger partial charge in [0.2, 0.25) is 0 Å². The molecule has 2 aromatic carbocycles. The van der Waals surface area contributed by atoms with Gasteiger partial charge >= 0.3 is 0 Å². The lowest BCUT2D eigenvalue weighted by Crippen LogP contribution is -2.04. The van der Waals surface area contributed by atoms with E-state index in [9.17, 15) is 0 Å².